The van der Waals surface area contributed by atoms with E-state index in [4.69, 9.17) is 21.1 Å². The second-order valence-electron chi connectivity index (χ2n) is 7.42. The second kappa shape index (κ2) is 8.48. The first-order chi connectivity index (χ1) is 14.5. The van der Waals surface area contributed by atoms with Gasteiger partial charge in [0.05, 0.1) is 19.2 Å². The summed E-state index contributed by atoms with van der Waals surface area (Å²) in [6.45, 7) is 0. The van der Waals surface area contributed by atoms with Crippen molar-refractivity contribution in [2.75, 3.05) is 14.2 Å². The molecule has 1 atom stereocenters. The topological polar surface area (TPSA) is 64.2 Å². The van der Waals surface area contributed by atoms with Crippen LogP contribution < -0.4 is 4.74 Å². The molecule has 1 aromatic carbocycles. The number of aromatic amines is 1. The number of nitrogens with one attached hydrogen (secondary N) is 1. The molecule has 0 radical (unpaired) electrons. The first kappa shape index (κ1) is 20.4. The Bertz CT molecular complexity index is 1140. The minimum Gasteiger partial charge on any atom is -0.496 e. The Hall–Kier alpha value is -2.86. The van der Waals surface area contributed by atoms with Crippen LogP contribution in [0.4, 0.5) is 4.39 Å². The van der Waals surface area contributed by atoms with E-state index in [-0.39, 0.29) is 11.8 Å². The first-order valence-electron chi connectivity index (χ1n) is 9.77. The third-order valence-corrected chi connectivity index (χ3v) is 5.88. The number of aromatic nitrogens is 2. The van der Waals surface area contributed by atoms with Gasteiger partial charge in [-0.3, -0.25) is 4.79 Å². The lowest BCUT2D eigenvalue weighted by Gasteiger charge is -2.20. The highest BCUT2D eigenvalue weighted by atomic mass is 35.5. The summed E-state index contributed by atoms with van der Waals surface area (Å²) >= 11 is 6.48. The highest BCUT2D eigenvalue weighted by Gasteiger charge is 2.21. The number of methoxy groups -OCH3 is 2. The number of nitrogens with zero attached hydrogens (tertiary/aromatic N) is 1. The van der Waals surface area contributed by atoms with Crippen molar-refractivity contribution in [3.05, 3.63) is 53.1 Å². The summed E-state index contributed by atoms with van der Waals surface area (Å²) in [7, 11) is 2.96. The zero-order chi connectivity index (χ0) is 21.3. The average molecular weight is 429 g/mol. The number of pyridine rings is 1. The van der Waals surface area contributed by atoms with E-state index in [9.17, 15) is 9.18 Å². The Balaban J connectivity index is 1.72. The number of carbonyl (C=O) groups excluding carboxylic acids is 1. The smallest absolute Gasteiger partial charge is 0.305 e. The number of halogens is 2. The lowest BCUT2D eigenvalue weighted by atomic mass is 9.86. The largest absolute Gasteiger partial charge is 0.496 e. The van der Waals surface area contributed by atoms with E-state index in [1.54, 1.807) is 19.4 Å². The molecule has 0 saturated carbocycles. The molecule has 2 aromatic heterocycles. The molecule has 4 rings (SSSR count). The summed E-state index contributed by atoms with van der Waals surface area (Å²) in [5.74, 6) is 0.297. The SMILES string of the molecule is COC(=O)CC1CC=C(c2cc3c(-c4cc(F)ccc4OC)c(Cl)cnc3[nH]2)CC1. The number of ether oxygens (including phenoxy) is 2. The molecule has 0 bridgehead atoms. The monoisotopic (exact) mass is 428 g/mol. The molecule has 0 saturated heterocycles. The predicted octanol–water partition coefficient (Wildman–Crippen LogP) is 5.78. The van der Waals surface area contributed by atoms with Crippen molar-refractivity contribution in [1.29, 1.82) is 0 Å². The van der Waals surface area contributed by atoms with E-state index in [0.29, 0.717) is 39.9 Å². The van der Waals surface area contributed by atoms with Gasteiger partial charge in [-0.2, -0.15) is 0 Å². The Kier molecular flexibility index (Phi) is 5.77. The molecule has 1 aliphatic carbocycles. The average Bonchev–Trinajstić information content (AvgIpc) is 3.18. The van der Waals surface area contributed by atoms with Crippen molar-refractivity contribution >= 4 is 34.2 Å². The number of esters is 1. The summed E-state index contributed by atoms with van der Waals surface area (Å²) in [4.78, 5) is 19.3. The molecule has 2 heterocycles. The van der Waals surface area contributed by atoms with Crippen LogP contribution in [0, 0.1) is 11.7 Å². The first-order valence-corrected chi connectivity index (χ1v) is 10.1. The minimum absolute atomic E-state index is 0.171. The minimum atomic E-state index is -0.366. The van der Waals surface area contributed by atoms with Crippen LogP contribution in [0.25, 0.3) is 27.7 Å². The number of hydrogen-bond donors (Lipinski definition) is 1. The van der Waals surface area contributed by atoms with E-state index in [1.807, 2.05) is 6.07 Å². The molecular formula is C23H22ClFN2O3. The van der Waals surface area contributed by atoms with E-state index < -0.39 is 0 Å². The van der Waals surface area contributed by atoms with Crippen molar-refractivity contribution in [2.24, 2.45) is 5.92 Å². The van der Waals surface area contributed by atoms with Crippen LogP contribution in [0.5, 0.6) is 5.75 Å². The lowest BCUT2D eigenvalue weighted by molar-refractivity contribution is -0.141. The lowest BCUT2D eigenvalue weighted by Crippen LogP contribution is -2.12. The molecule has 0 fully saturated rings. The predicted molar refractivity (Wildman–Crippen MR) is 115 cm³/mol. The van der Waals surface area contributed by atoms with Gasteiger partial charge in [-0.15, -0.1) is 0 Å². The molecule has 1 unspecified atom stereocenters. The molecule has 7 heteroatoms. The third kappa shape index (κ3) is 3.92. The molecule has 0 aliphatic heterocycles. The van der Waals surface area contributed by atoms with Gasteiger partial charge in [-0.25, -0.2) is 9.37 Å². The fraction of sp³-hybridized carbons (Fsp3) is 0.304. The number of H-pyrrole nitrogens is 1. The van der Waals surface area contributed by atoms with Crippen LogP contribution in [-0.2, 0) is 9.53 Å². The molecular weight excluding hydrogens is 407 g/mol. The Labute approximate surface area is 178 Å². The number of benzene rings is 1. The van der Waals surface area contributed by atoms with Crippen molar-refractivity contribution in [2.45, 2.75) is 25.7 Å². The molecule has 1 aliphatic rings. The maximum absolute atomic E-state index is 14.0. The van der Waals surface area contributed by atoms with Gasteiger partial charge in [0, 0.05) is 34.8 Å². The zero-order valence-electron chi connectivity index (χ0n) is 16.8. The standard InChI is InChI=1S/C23H22ClFN2O3/c1-29-20-8-7-15(25)10-16(20)22-17-11-19(27-23(17)26-12-18(22)24)14-5-3-13(4-6-14)9-21(28)30-2/h5,7-8,10-13H,3-4,6,9H2,1-2H3,(H,26,27). The van der Waals surface area contributed by atoms with E-state index in [1.165, 1.54) is 24.8 Å². The summed E-state index contributed by atoms with van der Waals surface area (Å²) in [6.07, 6.45) is 6.74. The molecule has 0 amide bonds. The van der Waals surface area contributed by atoms with Crippen molar-refractivity contribution in [3.63, 3.8) is 0 Å². The molecule has 0 spiro atoms. The van der Waals surface area contributed by atoms with Crippen LogP contribution in [0.3, 0.4) is 0 Å². The summed E-state index contributed by atoms with van der Waals surface area (Å²) in [5, 5.41) is 1.23. The highest BCUT2D eigenvalue weighted by Crippen LogP contribution is 2.41. The van der Waals surface area contributed by atoms with Gasteiger partial charge < -0.3 is 14.5 Å². The van der Waals surface area contributed by atoms with Gasteiger partial charge in [0.2, 0.25) is 0 Å². The van der Waals surface area contributed by atoms with Gasteiger partial charge >= 0.3 is 5.97 Å². The van der Waals surface area contributed by atoms with Crippen LogP contribution in [0.1, 0.15) is 31.4 Å². The number of hydrogen-bond acceptors (Lipinski definition) is 4. The molecule has 156 valence electrons. The van der Waals surface area contributed by atoms with E-state index in [0.717, 1.165) is 30.3 Å². The Morgan fingerprint density at radius 1 is 1.33 bits per heavy atom. The van der Waals surface area contributed by atoms with E-state index >= 15 is 0 Å². The van der Waals surface area contributed by atoms with Gasteiger partial charge in [0.25, 0.3) is 0 Å². The Morgan fingerprint density at radius 2 is 2.17 bits per heavy atom. The summed E-state index contributed by atoms with van der Waals surface area (Å²) in [5.41, 5.74) is 4.06. The Morgan fingerprint density at radius 3 is 2.87 bits per heavy atom. The number of rotatable bonds is 5. The van der Waals surface area contributed by atoms with Gasteiger partial charge in [0.15, 0.2) is 0 Å². The van der Waals surface area contributed by atoms with Gasteiger partial charge in [-0.1, -0.05) is 17.7 Å². The summed E-state index contributed by atoms with van der Waals surface area (Å²) < 4.78 is 24.2. The van der Waals surface area contributed by atoms with Crippen molar-refractivity contribution < 1.29 is 18.7 Å². The van der Waals surface area contributed by atoms with Crippen molar-refractivity contribution in [3.8, 4) is 16.9 Å². The third-order valence-electron chi connectivity index (χ3n) is 5.59. The van der Waals surface area contributed by atoms with Gasteiger partial charge in [-0.05, 0) is 55.0 Å². The number of allylic oxidation sites excluding steroid dienone is 2. The maximum atomic E-state index is 14.0. The molecule has 1 N–H and O–H groups in total. The fourth-order valence-electron chi connectivity index (χ4n) is 4.01. The van der Waals surface area contributed by atoms with Crippen molar-refractivity contribution in [1.82, 2.24) is 9.97 Å². The van der Waals surface area contributed by atoms with Gasteiger partial charge in [0.1, 0.15) is 17.2 Å². The zero-order valence-corrected chi connectivity index (χ0v) is 17.6. The van der Waals surface area contributed by atoms with Crippen LogP contribution >= 0.6 is 11.6 Å². The normalized spacial score (nSPS) is 16.4. The summed E-state index contributed by atoms with van der Waals surface area (Å²) in [6, 6.07) is 6.37. The quantitative estimate of drug-likeness (QED) is 0.523. The van der Waals surface area contributed by atoms with Crippen LogP contribution in [-0.4, -0.2) is 30.2 Å². The number of carbonyl (C=O) groups is 1. The molecule has 3 aromatic rings. The molecule has 30 heavy (non-hydrogen) atoms. The molecule has 5 nitrogen and oxygen atoms in total. The maximum Gasteiger partial charge on any atom is 0.305 e. The van der Waals surface area contributed by atoms with E-state index in [2.05, 4.69) is 16.0 Å². The number of fused-ring (bicyclic) bond motifs is 1. The second-order valence-corrected chi connectivity index (χ2v) is 7.83. The highest BCUT2D eigenvalue weighted by molar-refractivity contribution is 6.35. The fourth-order valence-corrected chi connectivity index (χ4v) is 4.26. The van der Waals surface area contributed by atoms with Crippen LogP contribution in [0.15, 0.2) is 36.5 Å². The van der Waals surface area contributed by atoms with Crippen LogP contribution in [0.2, 0.25) is 5.02 Å².